The molecule has 3 nitrogen and oxygen atoms in total. The van der Waals surface area contributed by atoms with E-state index in [4.69, 9.17) is 5.73 Å². The van der Waals surface area contributed by atoms with Crippen molar-refractivity contribution in [1.29, 1.82) is 0 Å². The molecule has 0 amide bonds. The third-order valence-corrected chi connectivity index (χ3v) is 3.05. The Morgan fingerprint density at radius 1 is 1.36 bits per heavy atom. The molecule has 14 heavy (non-hydrogen) atoms. The summed E-state index contributed by atoms with van der Waals surface area (Å²) in [6.45, 7) is 0. The van der Waals surface area contributed by atoms with Gasteiger partial charge >= 0.3 is 0 Å². The van der Waals surface area contributed by atoms with E-state index < -0.39 is 12.2 Å². The number of anilines is 1. The van der Waals surface area contributed by atoms with Gasteiger partial charge in [0, 0.05) is 21.1 Å². The average Bonchev–Trinajstić information content (AvgIpc) is 2.19. The predicted octanol–water partition coefficient (Wildman–Crippen LogP) is 1.82. The minimum absolute atomic E-state index is 0.306. The largest absolute Gasteiger partial charge is 0.398 e. The van der Waals surface area contributed by atoms with E-state index in [0.29, 0.717) is 16.6 Å². The van der Waals surface area contributed by atoms with Crippen LogP contribution in [0.15, 0.2) is 22.7 Å². The number of aliphatic hydroxyl groups excluding tert-OH is 2. The highest BCUT2D eigenvalue weighted by Gasteiger charge is 2.19. The number of nitrogens with two attached hydrogens (primary N) is 1. The highest BCUT2D eigenvalue weighted by Crippen LogP contribution is 2.27. The molecule has 0 fully saturated rings. The topological polar surface area (TPSA) is 66.5 Å². The quantitative estimate of drug-likeness (QED) is 0.587. The molecule has 0 aliphatic heterocycles. The Hall–Kier alpha value is -0.100. The Labute approximate surface area is 99.2 Å². The summed E-state index contributed by atoms with van der Waals surface area (Å²) in [4.78, 5) is 0. The summed E-state index contributed by atoms with van der Waals surface area (Å²) in [5.74, 6) is 0. The Bertz CT molecular complexity index is 320. The second kappa shape index (κ2) is 5.11. The first-order valence-electron chi connectivity index (χ1n) is 4.03. The molecular weight excluding hydrogens is 314 g/mol. The molecule has 0 aliphatic carbocycles. The molecule has 78 valence electrons. The molecule has 0 aromatic heterocycles. The van der Waals surface area contributed by atoms with Gasteiger partial charge < -0.3 is 15.9 Å². The van der Waals surface area contributed by atoms with Crippen molar-refractivity contribution in [2.45, 2.75) is 12.2 Å². The molecule has 5 heteroatoms. The summed E-state index contributed by atoms with van der Waals surface area (Å²) in [5.41, 5.74) is 6.68. The lowest BCUT2D eigenvalue weighted by molar-refractivity contribution is 0.0347. The number of alkyl halides is 1. The number of nitrogen functional groups attached to an aromatic ring is 1. The van der Waals surface area contributed by atoms with Gasteiger partial charge in [-0.2, -0.15) is 0 Å². The predicted molar refractivity (Wildman–Crippen MR) is 63.3 cm³/mol. The van der Waals surface area contributed by atoms with Gasteiger partial charge in [0.15, 0.2) is 0 Å². The van der Waals surface area contributed by atoms with Crippen LogP contribution in [0.4, 0.5) is 5.69 Å². The summed E-state index contributed by atoms with van der Waals surface area (Å²) in [6.07, 6.45) is -1.82. The van der Waals surface area contributed by atoms with Crippen LogP contribution in [0.25, 0.3) is 0 Å². The maximum atomic E-state index is 9.71. The van der Waals surface area contributed by atoms with Gasteiger partial charge in [-0.25, -0.2) is 0 Å². The SMILES string of the molecule is Nc1ccc(Br)cc1C(O)C(O)CBr. The maximum Gasteiger partial charge on any atom is 0.108 e. The van der Waals surface area contributed by atoms with Crippen molar-refractivity contribution in [2.24, 2.45) is 0 Å². The van der Waals surface area contributed by atoms with Gasteiger partial charge in [-0.15, -0.1) is 0 Å². The van der Waals surface area contributed by atoms with Crippen molar-refractivity contribution in [1.82, 2.24) is 0 Å². The Morgan fingerprint density at radius 3 is 2.57 bits per heavy atom. The smallest absolute Gasteiger partial charge is 0.108 e. The van der Waals surface area contributed by atoms with E-state index >= 15 is 0 Å². The fraction of sp³-hybridized carbons (Fsp3) is 0.333. The molecule has 0 aliphatic rings. The van der Waals surface area contributed by atoms with Gasteiger partial charge in [-0.05, 0) is 18.2 Å². The van der Waals surface area contributed by atoms with Crippen LogP contribution in [0, 0.1) is 0 Å². The van der Waals surface area contributed by atoms with Crippen molar-refractivity contribution in [3.63, 3.8) is 0 Å². The van der Waals surface area contributed by atoms with Crippen LogP contribution >= 0.6 is 31.9 Å². The van der Waals surface area contributed by atoms with E-state index in [0.717, 1.165) is 4.47 Å². The fourth-order valence-corrected chi connectivity index (χ4v) is 1.83. The first-order valence-corrected chi connectivity index (χ1v) is 5.94. The zero-order chi connectivity index (χ0) is 10.7. The van der Waals surface area contributed by atoms with E-state index in [2.05, 4.69) is 31.9 Å². The fourth-order valence-electron chi connectivity index (χ4n) is 1.09. The maximum absolute atomic E-state index is 9.71. The number of hydrogen-bond acceptors (Lipinski definition) is 3. The molecular formula is C9H11Br2NO2. The molecule has 2 atom stereocenters. The summed E-state index contributed by atoms with van der Waals surface area (Å²) in [7, 11) is 0. The highest BCUT2D eigenvalue weighted by atomic mass is 79.9. The second-order valence-electron chi connectivity index (χ2n) is 2.94. The summed E-state index contributed by atoms with van der Waals surface area (Å²) < 4.78 is 0.822. The Morgan fingerprint density at radius 2 is 2.00 bits per heavy atom. The number of benzene rings is 1. The van der Waals surface area contributed by atoms with Gasteiger partial charge in [-0.3, -0.25) is 0 Å². The van der Waals surface area contributed by atoms with Crippen LogP contribution in [0.5, 0.6) is 0 Å². The molecule has 2 unspecified atom stereocenters. The first-order chi connectivity index (χ1) is 6.56. The lowest BCUT2D eigenvalue weighted by Crippen LogP contribution is -2.20. The lowest BCUT2D eigenvalue weighted by atomic mass is 10.0. The van der Waals surface area contributed by atoms with Gasteiger partial charge in [-0.1, -0.05) is 31.9 Å². The number of aliphatic hydroxyl groups is 2. The van der Waals surface area contributed by atoms with Crippen molar-refractivity contribution in [3.05, 3.63) is 28.2 Å². The lowest BCUT2D eigenvalue weighted by Gasteiger charge is -2.17. The average molecular weight is 325 g/mol. The van der Waals surface area contributed by atoms with Crippen LogP contribution in [0.3, 0.4) is 0 Å². The van der Waals surface area contributed by atoms with Gasteiger partial charge in [0.2, 0.25) is 0 Å². The van der Waals surface area contributed by atoms with Crippen LogP contribution in [-0.2, 0) is 0 Å². The normalized spacial score (nSPS) is 15.1. The zero-order valence-corrected chi connectivity index (χ0v) is 10.5. The van der Waals surface area contributed by atoms with Gasteiger partial charge in [0.25, 0.3) is 0 Å². The number of rotatable bonds is 3. The van der Waals surface area contributed by atoms with E-state index in [9.17, 15) is 10.2 Å². The van der Waals surface area contributed by atoms with Crippen molar-refractivity contribution >= 4 is 37.5 Å². The molecule has 0 bridgehead atoms. The summed E-state index contributed by atoms with van der Waals surface area (Å²) in [6, 6.07) is 5.17. The second-order valence-corrected chi connectivity index (χ2v) is 4.50. The molecule has 0 saturated carbocycles. The van der Waals surface area contributed by atoms with E-state index in [1.54, 1.807) is 18.2 Å². The zero-order valence-electron chi connectivity index (χ0n) is 7.32. The minimum Gasteiger partial charge on any atom is -0.398 e. The van der Waals surface area contributed by atoms with Crippen LogP contribution < -0.4 is 5.73 Å². The summed E-state index contributed by atoms with van der Waals surface area (Å²) in [5, 5.41) is 19.4. The van der Waals surface area contributed by atoms with Crippen LogP contribution in [0.2, 0.25) is 0 Å². The molecule has 1 aromatic carbocycles. The third kappa shape index (κ3) is 2.70. The van der Waals surface area contributed by atoms with E-state index in [1.165, 1.54) is 0 Å². The molecule has 4 N–H and O–H groups in total. The number of halogens is 2. The summed E-state index contributed by atoms with van der Waals surface area (Å²) >= 11 is 6.37. The Kier molecular flexibility index (Phi) is 4.37. The van der Waals surface area contributed by atoms with Crippen molar-refractivity contribution in [2.75, 3.05) is 11.1 Å². The first kappa shape index (κ1) is 12.0. The molecule has 0 saturated heterocycles. The molecule has 0 heterocycles. The standard InChI is InChI=1S/C9H11Br2NO2/c10-4-8(13)9(14)6-3-5(11)1-2-7(6)12/h1-3,8-9,13-14H,4,12H2. The third-order valence-electron chi connectivity index (χ3n) is 1.89. The molecule has 1 rings (SSSR count). The molecule has 0 radical (unpaired) electrons. The highest BCUT2D eigenvalue weighted by molar-refractivity contribution is 9.10. The monoisotopic (exact) mass is 323 g/mol. The van der Waals surface area contributed by atoms with Crippen molar-refractivity contribution in [3.8, 4) is 0 Å². The van der Waals surface area contributed by atoms with E-state index in [1.807, 2.05) is 0 Å². The minimum atomic E-state index is -0.966. The molecule has 0 spiro atoms. The van der Waals surface area contributed by atoms with Crippen LogP contribution in [0.1, 0.15) is 11.7 Å². The molecule has 1 aromatic rings. The number of hydrogen-bond donors (Lipinski definition) is 3. The van der Waals surface area contributed by atoms with Crippen molar-refractivity contribution < 1.29 is 10.2 Å². The van der Waals surface area contributed by atoms with E-state index in [-0.39, 0.29) is 0 Å². The van der Waals surface area contributed by atoms with Gasteiger partial charge in [0.05, 0.1) is 6.10 Å². The Balaban J connectivity index is 2.99. The van der Waals surface area contributed by atoms with Crippen LogP contribution in [-0.4, -0.2) is 21.6 Å². The van der Waals surface area contributed by atoms with Gasteiger partial charge in [0.1, 0.15) is 6.10 Å².